The zero-order valence-electron chi connectivity index (χ0n) is 9.43. The fourth-order valence-corrected chi connectivity index (χ4v) is 3.47. The van der Waals surface area contributed by atoms with Crippen molar-refractivity contribution in [3.8, 4) is 0 Å². The van der Waals surface area contributed by atoms with E-state index in [4.69, 9.17) is 0 Å². The molecule has 0 N–H and O–H groups in total. The molecule has 0 aromatic carbocycles. The molecule has 4 heteroatoms. The maximum Gasteiger partial charge on any atom is 0.318 e. The van der Waals surface area contributed by atoms with Crippen molar-refractivity contribution in [2.24, 2.45) is 23.2 Å². The van der Waals surface area contributed by atoms with Gasteiger partial charge in [-0.25, -0.2) is 0 Å². The summed E-state index contributed by atoms with van der Waals surface area (Å²) in [5, 5.41) is 0. The van der Waals surface area contributed by atoms with E-state index in [1.807, 2.05) is 6.08 Å². The first kappa shape index (κ1) is 10.4. The van der Waals surface area contributed by atoms with Crippen LogP contribution in [0.25, 0.3) is 0 Å². The maximum absolute atomic E-state index is 12.2. The molecule has 2 fully saturated rings. The first-order valence-corrected chi connectivity index (χ1v) is 5.62. The smallest absolute Gasteiger partial charge is 0.318 e. The third kappa shape index (κ3) is 1.05. The molecule has 4 unspecified atom stereocenters. The SMILES string of the molecule is C=C(C)C(=O)C12C=CC(C1)C1C(=O)OC(=O)C12. The summed E-state index contributed by atoms with van der Waals surface area (Å²) in [5.41, 5.74) is -0.451. The lowest BCUT2D eigenvalue weighted by Crippen LogP contribution is -2.38. The second kappa shape index (κ2) is 2.94. The van der Waals surface area contributed by atoms with Crippen molar-refractivity contribution in [3.63, 3.8) is 0 Å². The van der Waals surface area contributed by atoms with Gasteiger partial charge in [-0.3, -0.25) is 14.4 Å². The minimum absolute atomic E-state index is 0.0396. The Labute approximate surface area is 98.3 Å². The van der Waals surface area contributed by atoms with Gasteiger partial charge in [-0.1, -0.05) is 18.7 Å². The molecule has 88 valence electrons. The summed E-state index contributed by atoms with van der Waals surface area (Å²) >= 11 is 0. The van der Waals surface area contributed by atoms with Gasteiger partial charge in [-0.05, 0) is 24.8 Å². The molecule has 0 radical (unpaired) electrons. The van der Waals surface area contributed by atoms with Crippen LogP contribution in [-0.4, -0.2) is 17.7 Å². The minimum Gasteiger partial charge on any atom is -0.393 e. The van der Waals surface area contributed by atoms with Crippen molar-refractivity contribution in [3.05, 3.63) is 24.3 Å². The fourth-order valence-electron chi connectivity index (χ4n) is 3.47. The highest BCUT2D eigenvalue weighted by Crippen LogP contribution is 2.60. The number of ether oxygens (including phenoxy) is 1. The van der Waals surface area contributed by atoms with Gasteiger partial charge in [0.15, 0.2) is 5.78 Å². The third-order valence-corrected chi connectivity index (χ3v) is 4.13. The van der Waals surface area contributed by atoms with Crippen LogP contribution < -0.4 is 0 Å². The van der Waals surface area contributed by atoms with E-state index in [2.05, 4.69) is 11.3 Å². The lowest BCUT2D eigenvalue weighted by atomic mass is 9.70. The van der Waals surface area contributed by atoms with E-state index in [9.17, 15) is 14.4 Å². The predicted molar refractivity (Wildman–Crippen MR) is 57.6 cm³/mol. The van der Waals surface area contributed by atoms with Crippen molar-refractivity contribution in [1.82, 2.24) is 0 Å². The summed E-state index contributed by atoms with van der Waals surface area (Å²) < 4.78 is 4.66. The van der Waals surface area contributed by atoms with Gasteiger partial charge < -0.3 is 4.74 Å². The molecule has 0 amide bonds. The molecule has 4 nitrogen and oxygen atoms in total. The number of carbonyl (C=O) groups excluding carboxylic acids is 3. The molecule has 17 heavy (non-hydrogen) atoms. The van der Waals surface area contributed by atoms with Crippen LogP contribution in [0.4, 0.5) is 0 Å². The Hall–Kier alpha value is -1.71. The van der Waals surface area contributed by atoms with E-state index in [-0.39, 0.29) is 11.7 Å². The zero-order valence-corrected chi connectivity index (χ0v) is 9.43. The van der Waals surface area contributed by atoms with Crippen LogP contribution in [0.3, 0.4) is 0 Å². The van der Waals surface area contributed by atoms with Gasteiger partial charge in [0.2, 0.25) is 0 Å². The Kier molecular flexibility index (Phi) is 1.81. The first-order valence-electron chi connectivity index (χ1n) is 5.62. The molecule has 0 aromatic heterocycles. The average molecular weight is 232 g/mol. The molecule has 0 spiro atoms. The summed E-state index contributed by atoms with van der Waals surface area (Å²) in [6, 6.07) is 0. The molecule has 4 atom stereocenters. The van der Waals surface area contributed by atoms with E-state index >= 15 is 0 Å². The summed E-state index contributed by atoms with van der Waals surface area (Å²) in [7, 11) is 0. The molecular weight excluding hydrogens is 220 g/mol. The summed E-state index contributed by atoms with van der Waals surface area (Å²) in [4.78, 5) is 35.6. The fraction of sp³-hybridized carbons (Fsp3) is 0.462. The Morgan fingerprint density at radius 1 is 1.47 bits per heavy atom. The molecule has 2 aliphatic carbocycles. The van der Waals surface area contributed by atoms with E-state index in [1.54, 1.807) is 13.0 Å². The number of fused-ring (bicyclic) bond motifs is 5. The summed E-state index contributed by atoms with van der Waals surface area (Å²) in [6.45, 7) is 5.28. The second-order valence-electron chi connectivity index (χ2n) is 5.12. The van der Waals surface area contributed by atoms with Gasteiger partial charge in [0.1, 0.15) is 0 Å². The number of cyclic esters (lactones) is 2. The number of esters is 2. The standard InChI is InChI=1S/C13H12O4/c1-6(2)10(14)13-4-3-7(5-13)8-9(13)12(16)17-11(8)15/h3-4,7-9H,1,5H2,2H3. The van der Waals surface area contributed by atoms with Gasteiger partial charge in [0, 0.05) is 0 Å². The Balaban J connectivity index is 2.11. The van der Waals surface area contributed by atoms with Crippen molar-refractivity contribution in [2.45, 2.75) is 13.3 Å². The van der Waals surface area contributed by atoms with Crippen molar-refractivity contribution < 1.29 is 19.1 Å². The molecule has 1 saturated carbocycles. The third-order valence-electron chi connectivity index (χ3n) is 4.13. The van der Waals surface area contributed by atoms with Crippen LogP contribution in [0.5, 0.6) is 0 Å². The molecule has 3 aliphatic rings. The number of hydrogen-bond acceptors (Lipinski definition) is 4. The molecule has 1 saturated heterocycles. The van der Waals surface area contributed by atoms with Crippen LogP contribution in [0, 0.1) is 23.2 Å². The van der Waals surface area contributed by atoms with E-state index in [0.717, 1.165) is 0 Å². The van der Waals surface area contributed by atoms with E-state index in [1.165, 1.54) is 0 Å². The molecule has 1 aliphatic heterocycles. The van der Waals surface area contributed by atoms with Gasteiger partial charge in [-0.15, -0.1) is 0 Å². The Morgan fingerprint density at radius 3 is 2.82 bits per heavy atom. The highest BCUT2D eigenvalue weighted by molar-refractivity contribution is 6.08. The predicted octanol–water partition coefficient (Wildman–Crippen LogP) is 1.02. The van der Waals surface area contributed by atoms with Gasteiger partial charge >= 0.3 is 11.9 Å². The van der Waals surface area contributed by atoms with Crippen LogP contribution in [0.2, 0.25) is 0 Å². The quantitative estimate of drug-likeness (QED) is 0.309. The lowest BCUT2D eigenvalue weighted by Gasteiger charge is -2.27. The number of carbonyl (C=O) groups is 3. The highest BCUT2D eigenvalue weighted by Gasteiger charge is 2.67. The lowest BCUT2D eigenvalue weighted by molar-refractivity contribution is -0.156. The maximum atomic E-state index is 12.2. The van der Waals surface area contributed by atoms with Crippen LogP contribution in [0.1, 0.15) is 13.3 Å². The molecular formula is C13H12O4. The Bertz CT molecular complexity index is 502. The second-order valence-corrected chi connectivity index (χ2v) is 5.12. The largest absolute Gasteiger partial charge is 0.393 e. The van der Waals surface area contributed by atoms with E-state index < -0.39 is 29.2 Å². The molecule has 2 bridgehead atoms. The monoisotopic (exact) mass is 232 g/mol. The van der Waals surface area contributed by atoms with Crippen molar-refractivity contribution >= 4 is 17.7 Å². The summed E-state index contributed by atoms with van der Waals surface area (Å²) in [6.07, 6.45) is 4.17. The first-order chi connectivity index (χ1) is 7.97. The normalized spacial score (nSPS) is 41.6. The van der Waals surface area contributed by atoms with Crippen molar-refractivity contribution in [2.75, 3.05) is 0 Å². The van der Waals surface area contributed by atoms with Crippen LogP contribution in [0.15, 0.2) is 24.3 Å². The number of hydrogen-bond donors (Lipinski definition) is 0. The molecule has 1 heterocycles. The average Bonchev–Trinajstić information content (AvgIpc) is 2.90. The van der Waals surface area contributed by atoms with Crippen LogP contribution >= 0.6 is 0 Å². The van der Waals surface area contributed by atoms with Gasteiger partial charge in [-0.2, -0.15) is 0 Å². The number of rotatable bonds is 2. The highest BCUT2D eigenvalue weighted by atomic mass is 16.6. The van der Waals surface area contributed by atoms with Gasteiger partial charge in [0.25, 0.3) is 0 Å². The minimum atomic E-state index is -0.871. The Morgan fingerprint density at radius 2 is 2.18 bits per heavy atom. The number of ketones is 1. The van der Waals surface area contributed by atoms with Crippen molar-refractivity contribution in [1.29, 1.82) is 0 Å². The number of allylic oxidation sites excluding steroid dienone is 3. The van der Waals surface area contributed by atoms with E-state index in [0.29, 0.717) is 12.0 Å². The molecule has 0 aromatic rings. The number of Topliss-reactive ketones (excluding diaryl/α,β-unsaturated/α-hetero) is 1. The molecule has 3 rings (SSSR count). The topological polar surface area (TPSA) is 60.4 Å². The van der Waals surface area contributed by atoms with Crippen LogP contribution in [-0.2, 0) is 19.1 Å². The zero-order chi connectivity index (χ0) is 12.4. The summed E-state index contributed by atoms with van der Waals surface area (Å²) in [5.74, 6) is -2.31. The van der Waals surface area contributed by atoms with Gasteiger partial charge in [0.05, 0.1) is 17.3 Å².